The molecular weight excluding hydrogens is 206 g/mol. The molecular formula is C8H15NO6. The monoisotopic (exact) mass is 222 g/mol. The smallest absolute Gasteiger partial charge is 0.217 e. The van der Waals surface area contributed by atoms with Crippen LogP contribution < -0.4 is 5.32 Å². The van der Waals surface area contributed by atoms with Crippen LogP contribution in [0.2, 0.25) is 0 Å². The minimum Gasteiger partial charge on any atom is -0.394 e. The maximum atomic E-state index is 10.8. The van der Waals surface area contributed by atoms with Crippen LogP contribution in [0.4, 0.5) is 0 Å². The molecule has 0 unspecified atom stereocenters. The van der Waals surface area contributed by atoms with Crippen molar-refractivity contribution < 1.29 is 31.3 Å². The van der Waals surface area contributed by atoms with Crippen molar-refractivity contribution >= 4 is 5.91 Å². The van der Waals surface area contributed by atoms with Crippen molar-refractivity contribution in [2.24, 2.45) is 0 Å². The van der Waals surface area contributed by atoms with Gasteiger partial charge in [-0.1, -0.05) is 0 Å². The van der Waals surface area contributed by atoms with E-state index in [4.69, 9.17) is 11.2 Å². The highest BCUT2D eigenvalue weighted by atomic mass is 16.6. The molecule has 1 aliphatic rings. The molecule has 1 fully saturated rings. The molecule has 88 valence electrons. The Kier molecular flexibility index (Phi) is 3.49. The zero-order chi connectivity index (χ0) is 12.5. The minimum absolute atomic E-state index is 0.620. The fourth-order valence-corrected chi connectivity index (χ4v) is 1.34. The zero-order valence-electron chi connectivity index (χ0n) is 9.12. The fourth-order valence-electron chi connectivity index (χ4n) is 1.34. The van der Waals surface area contributed by atoms with E-state index in [9.17, 15) is 20.1 Å². The Balaban J connectivity index is 2.90. The molecule has 0 spiro atoms. The van der Waals surface area contributed by atoms with Gasteiger partial charge in [-0.05, 0) is 0 Å². The molecule has 0 aliphatic carbocycles. The normalized spacial score (nSPS) is 47.1. The van der Waals surface area contributed by atoms with Crippen molar-refractivity contribution in [3.63, 3.8) is 0 Å². The van der Waals surface area contributed by atoms with E-state index < -0.39 is 43.1 Å². The first-order valence-corrected chi connectivity index (χ1v) is 4.42. The lowest BCUT2D eigenvalue weighted by Crippen LogP contribution is -2.63. The van der Waals surface area contributed by atoms with Crippen molar-refractivity contribution in [3.8, 4) is 0 Å². The molecule has 5 N–H and O–H groups in total. The Bertz CT molecular complexity index is 277. The number of nitrogens with one attached hydrogen (secondary N) is 1. The van der Waals surface area contributed by atoms with Gasteiger partial charge in [0.25, 0.3) is 0 Å². The third-order valence-corrected chi connectivity index (χ3v) is 2.09. The molecule has 1 heterocycles. The van der Waals surface area contributed by atoms with Gasteiger partial charge in [0, 0.05) is 6.92 Å². The standard InChI is InChI=1S/C8H15NO6/c1-3(11)9-5-7(13)6(12)4(2-10)15-8(5)14/h4-8,10,12-14H,2H2,1H3,(H,9,11)/t4-,5-,6+,7-,8-/m1/s1/i5D. The third kappa shape index (κ3) is 2.64. The first kappa shape index (κ1) is 10.8. The van der Waals surface area contributed by atoms with Gasteiger partial charge < -0.3 is 30.5 Å². The van der Waals surface area contributed by atoms with Crippen LogP contribution in [-0.4, -0.2) is 63.6 Å². The summed E-state index contributed by atoms with van der Waals surface area (Å²) < 4.78 is 12.4. The van der Waals surface area contributed by atoms with Crippen LogP contribution in [-0.2, 0) is 9.53 Å². The van der Waals surface area contributed by atoms with Gasteiger partial charge in [-0.15, -0.1) is 0 Å². The average Bonchev–Trinajstić information content (AvgIpc) is 2.20. The summed E-state index contributed by atoms with van der Waals surface area (Å²) in [7, 11) is 0. The van der Waals surface area contributed by atoms with Crippen LogP contribution >= 0.6 is 0 Å². The molecule has 7 nitrogen and oxygen atoms in total. The third-order valence-electron chi connectivity index (χ3n) is 2.09. The molecule has 0 radical (unpaired) electrons. The number of carbonyl (C=O) groups excluding carboxylic acids is 1. The first-order valence-electron chi connectivity index (χ1n) is 4.92. The highest BCUT2D eigenvalue weighted by Crippen LogP contribution is 2.19. The molecule has 0 aromatic heterocycles. The number of ether oxygens (including phenoxy) is 1. The summed E-state index contributed by atoms with van der Waals surface area (Å²) in [6.45, 7) is 0.478. The number of aliphatic hydroxyl groups is 4. The molecule has 0 bridgehead atoms. The molecule has 7 heteroatoms. The molecule has 0 saturated carbocycles. The molecule has 1 saturated heterocycles. The van der Waals surface area contributed by atoms with Crippen molar-refractivity contribution in [2.75, 3.05) is 6.61 Å². The van der Waals surface area contributed by atoms with Crippen molar-refractivity contribution in [2.45, 2.75) is 37.5 Å². The van der Waals surface area contributed by atoms with E-state index in [0.717, 1.165) is 6.92 Å². The molecule has 15 heavy (non-hydrogen) atoms. The summed E-state index contributed by atoms with van der Waals surface area (Å²) in [5.74, 6) is -0.661. The van der Waals surface area contributed by atoms with E-state index in [1.807, 2.05) is 5.32 Å². The summed E-state index contributed by atoms with van der Waals surface area (Å²) >= 11 is 0. The Morgan fingerprint density at radius 1 is 1.47 bits per heavy atom. The van der Waals surface area contributed by atoms with Crippen LogP contribution in [0.5, 0.6) is 0 Å². The van der Waals surface area contributed by atoms with E-state index in [2.05, 4.69) is 0 Å². The van der Waals surface area contributed by atoms with Crippen molar-refractivity contribution in [1.82, 2.24) is 5.32 Å². The SMILES string of the molecule is [2H][C@]1(NC(C)=O)[C@H](O)O[C@H](CO)[C@H](O)[C@@H]1O. The lowest BCUT2D eigenvalue weighted by Gasteiger charge is -2.40. The van der Waals surface area contributed by atoms with Gasteiger partial charge in [0.05, 0.1) is 7.98 Å². The van der Waals surface area contributed by atoms with Crippen LogP contribution in [0, 0.1) is 0 Å². The van der Waals surface area contributed by atoms with E-state index in [0.29, 0.717) is 0 Å². The van der Waals surface area contributed by atoms with Gasteiger partial charge in [-0.25, -0.2) is 0 Å². The van der Waals surface area contributed by atoms with Crippen LogP contribution in [0.3, 0.4) is 0 Å². The second-order valence-corrected chi connectivity index (χ2v) is 3.28. The lowest BCUT2D eigenvalue weighted by atomic mass is 9.97. The quantitative estimate of drug-likeness (QED) is 0.338. The predicted molar refractivity (Wildman–Crippen MR) is 47.6 cm³/mol. The Hall–Kier alpha value is -0.730. The molecule has 1 rings (SSSR count). The second-order valence-electron chi connectivity index (χ2n) is 3.28. The summed E-state index contributed by atoms with van der Waals surface area (Å²) in [5.41, 5.74) is 0. The highest BCUT2D eigenvalue weighted by Gasteiger charge is 2.43. The van der Waals surface area contributed by atoms with Crippen LogP contribution in [0.15, 0.2) is 0 Å². The topological polar surface area (TPSA) is 119 Å². The van der Waals surface area contributed by atoms with Gasteiger partial charge in [-0.3, -0.25) is 4.79 Å². The minimum atomic E-state index is -2.25. The van der Waals surface area contributed by atoms with Crippen molar-refractivity contribution in [3.05, 3.63) is 0 Å². The van der Waals surface area contributed by atoms with Crippen LogP contribution in [0.25, 0.3) is 0 Å². The van der Waals surface area contributed by atoms with Gasteiger partial charge in [0.1, 0.15) is 24.3 Å². The van der Waals surface area contributed by atoms with E-state index in [1.54, 1.807) is 0 Å². The van der Waals surface area contributed by atoms with E-state index >= 15 is 0 Å². The predicted octanol–water partition coefficient (Wildman–Crippen LogP) is -3.08. The van der Waals surface area contributed by atoms with Gasteiger partial charge >= 0.3 is 0 Å². The lowest BCUT2D eigenvalue weighted by molar-refractivity contribution is -0.253. The summed E-state index contributed by atoms with van der Waals surface area (Å²) in [6.07, 6.45) is -6.38. The first-order chi connectivity index (χ1) is 7.32. The van der Waals surface area contributed by atoms with Crippen molar-refractivity contribution in [1.29, 1.82) is 0 Å². The van der Waals surface area contributed by atoms with E-state index in [1.165, 1.54) is 0 Å². The molecule has 0 aromatic rings. The summed E-state index contributed by atoms with van der Waals surface area (Å²) in [6, 6.07) is -2.25. The second kappa shape index (κ2) is 4.86. The fraction of sp³-hybridized carbons (Fsp3) is 0.875. The zero-order valence-corrected chi connectivity index (χ0v) is 8.12. The Labute approximate surface area is 87.7 Å². The maximum Gasteiger partial charge on any atom is 0.217 e. The molecule has 1 amide bonds. The van der Waals surface area contributed by atoms with Gasteiger partial charge in [-0.2, -0.15) is 0 Å². The number of rotatable bonds is 2. The largest absolute Gasteiger partial charge is 0.394 e. The average molecular weight is 222 g/mol. The van der Waals surface area contributed by atoms with E-state index in [-0.39, 0.29) is 0 Å². The number of hydrogen-bond donors (Lipinski definition) is 5. The summed E-state index contributed by atoms with van der Waals surface area (Å²) in [5, 5.41) is 39.3. The number of amides is 1. The number of aliphatic hydroxyl groups excluding tert-OH is 4. The Morgan fingerprint density at radius 3 is 2.53 bits per heavy atom. The van der Waals surface area contributed by atoms with Gasteiger partial charge in [0.15, 0.2) is 6.29 Å². The number of carbonyl (C=O) groups is 1. The molecule has 1 aliphatic heterocycles. The molecule has 0 aromatic carbocycles. The summed E-state index contributed by atoms with van der Waals surface area (Å²) in [4.78, 5) is 10.8. The van der Waals surface area contributed by atoms with Crippen LogP contribution in [0.1, 0.15) is 8.29 Å². The maximum absolute atomic E-state index is 10.8. The molecule has 5 atom stereocenters. The van der Waals surface area contributed by atoms with Gasteiger partial charge in [0.2, 0.25) is 5.91 Å². The Morgan fingerprint density at radius 2 is 2.07 bits per heavy atom. The number of hydrogen-bond acceptors (Lipinski definition) is 6. The highest BCUT2D eigenvalue weighted by molar-refractivity contribution is 5.73.